The number of rotatable bonds is 5. The standard InChI is InChI=1S/C14H18N2O4/c17-13(9-14(18)19)15-12-3-1-11(2-4-12)10-16-5-7-20-8-6-16/h1-4H,5-10H2,(H,15,17)(H,18,19). The molecular weight excluding hydrogens is 260 g/mol. The molecule has 6 nitrogen and oxygen atoms in total. The molecule has 1 fully saturated rings. The van der Waals surface area contributed by atoms with E-state index in [2.05, 4.69) is 10.2 Å². The van der Waals surface area contributed by atoms with Gasteiger partial charge in [0, 0.05) is 25.3 Å². The van der Waals surface area contributed by atoms with Gasteiger partial charge in [-0.3, -0.25) is 14.5 Å². The third-order valence-corrected chi connectivity index (χ3v) is 3.06. The van der Waals surface area contributed by atoms with Gasteiger partial charge >= 0.3 is 5.97 Å². The summed E-state index contributed by atoms with van der Waals surface area (Å²) in [5.41, 5.74) is 1.77. The Morgan fingerprint density at radius 2 is 1.85 bits per heavy atom. The molecule has 0 atom stereocenters. The maximum atomic E-state index is 11.3. The summed E-state index contributed by atoms with van der Waals surface area (Å²) in [6.45, 7) is 4.24. The molecule has 0 saturated carbocycles. The Bertz CT molecular complexity index is 467. The molecule has 1 aliphatic heterocycles. The number of nitrogens with one attached hydrogen (secondary N) is 1. The lowest BCUT2D eigenvalue weighted by Crippen LogP contribution is -2.35. The topological polar surface area (TPSA) is 78.9 Å². The smallest absolute Gasteiger partial charge is 0.312 e. The lowest BCUT2D eigenvalue weighted by Gasteiger charge is -2.26. The van der Waals surface area contributed by atoms with Crippen molar-refractivity contribution in [2.24, 2.45) is 0 Å². The van der Waals surface area contributed by atoms with Crippen LogP contribution in [0.15, 0.2) is 24.3 Å². The maximum absolute atomic E-state index is 11.3. The zero-order valence-electron chi connectivity index (χ0n) is 11.2. The van der Waals surface area contributed by atoms with Gasteiger partial charge in [-0.1, -0.05) is 12.1 Å². The van der Waals surface area contributed by atoms with E-state index >= 15 is 0 Å². The first-order chi connectivity index (χ1) is 9.63. The normalized spacial score (nSPS) is 15.8. The Morgan fingerprint density at radius 3 is 2.45 bits per heavy atom. The number of nitrogens with zero attached hydrogens (tertiary/aromatic N) is 1. The molecule has 0 aliphatic carbocycles. The molecule has 2 N–H and O–H groups in total. The molecule has 1 amide bonds. The van der Waals surface area contributed by atoms with Crippen LogP contribution >= 0.6 is 0 Å². The van der Waals surface area contributed by atoms with Gasteiger partial charge in [0.2, 0.25) is 5.91 Å². The van der Waals surface area contributed by atoms with Crippen LogP contribution in [0.4, 0.5) is 5.69 Å². The Kier molecular flexibility index (Phi) is 5.09. The Hall–Kier alpha value is -1.92. The van der Waals surface area contributed by atoms with Crippen molar-refractivity contribution in [2.75, 3.05) is 31.6 Å². The van der Waals surface area contributed by atoms with E-state index < -0.39 is 18.3 Å². The summed E-state index contributed by atoms with van der Waals surface area (Å²) in [6.07, 6.45) is -0.518. The molecule has 1 heterocycles. The second-order valence-electron chi connectivity index (χ2n) is 4.70. The van der Waals surface area contributed by atoms with Gasteiger partial charge in [-0.15, -0.1) is 0 Å². The van der Waals surface area contributed by atoms with Crippen LogP contribution in [-0.2, 0) is 20.9 Å². The summed E-state index contributed by atoms with van der Waals surface area (Å²) in [6, 6.07) is 7.45. The van der Waals surface area contributed by atoms with E-state index in [1.807, 2.05) is 12.1 Å². The number of aliphatic carboxylic acids is 1. The number of benzene rings is 1. The van der Waals surface area contributed by atoms with Crippen LogP contribution in [-0.4, -0.2) is 48.2 Å². The SMILES string of the molecule is O=C(O)CC(=O)Nc1ccc(CN2CCOCC2)cc1. The monoisotopic (exact) mass is 278 g/mol. The number of anilines is 1. The van der Waals surface area contributed by atoms with Gasteiger partial charge in [-0.2, -0.15) is 0 Å². The first kappa shape index (κ1) is 14.5. The highest BCUT2D eigenvalue weighted by Crippen LogP contribution is 2.12. The van der Waals surface area contributed by atoms with E-state index in [0.29, 0.717) is 5.69 Å². The lowest BCUT2D eigenvalue weighted by atomic mass is 10.2. The third-order valence-electron chi connectivity index (χ3n) is 3.06. The van der Waals surface area contributed by atoms with Gasteiger partial charge < -0.3 is 15.2 Å². The van der Waals surface area contributed by atoms with Gasteiger partial charge in [-0.05, 0) is 17.7 Å². The molecule has 1 aromatic carbocycles. The van der Waals surface area contributed by atoms with E-state index in [9.17, 15) is 9.59 Å². The summed E-state index contributed by atoms with van der Waals surface area (Å²) < 4.78 is 5.29. The number of hydrogen-bond acceptors (Lipinski definition) is 4. The van der Waals surface area contributed by atoms with Crippen LogP contribution in [0, 0.1) is 0 Å². The van der Waals surface area contributed by atoms with Crippen molar-refractivity contribution in [3.63, 3.8) is 0 Å². The van der Waals surface area contributed by atoms with Crippen LogP contribution in [0.5, 0.6) is 0 Å². The third kappa shape index (κ3) is 4.64. The minimum absolute atomic E-state index is 0.515. The van der Waals surface area contributed by atoms with Crippen molar-refractivity contribution in [3.05, 3.63) is 29.8 Å². The molecule has 108 valence electrons. The molecule has 1 saturated heterocycles. The maximum Gasteiger partial charge on any atom is 0.312 e. The van der Waals surface area contributed by atoms with Gasteiger partial charge in [0.05, 0.1) is 13.2 Å². The Morgan fingerprint density at radius 1 is 1.20 bits per heavy atom. The molecule has 2 rings (SSSR count). The summed E-state index contributed by atoms with van der Waals surface area (Å²) >= 11 is 0. The molecule has 1 aromatic rings. The van der Waals surface area contributed by atoms with Gasteiger partial charge in [0.15, 0.2) is 0 Å². The predicted molar refractivity (Wildman–Crippen MR) is 73.4 cm³/mol. The lowest BCUT2D eigenvalue weighted by molar-refractivity contribution is -0.139. The van der Waals surface area contributed by atoms with Crippen molar-refractivity contribution in [3.8, 4) is 0 Å². The van der Waals surface area contributed by atoms with E-state index in [1.165, 1.54) is 0 Å². The quantitative estimate of drug-likeness (QED) is 0.783. The van der Waals surface area contributed by atoms with Crippen LogP contribution in [0.1, 0.15) is 12.0 Å². The largest absolute Gasteiger partial charge is 0.481 e. The number of hydrogen-bond donors (Lipinski definition) is 2. The Balaban J connectivity index is 1.85. The van der Waals surface area contributed by atoms with E-state index in [-0.39, 0.29) is 0 Å². The number of carbonyl (C=O) groups is 2. The zero-order chi connectivity index (χ0) is 14.4. The highest BCUT2D eigenvalue weighted by atomic mass is 16.5. The molecule has 20 heavy (non-hydrogen) atoms. The summed E-state index contributed by atoms with van der Waals surface area (Å²) in [5.74, 6) is -1.65. The molecule has 6 heteroatoms. The fourth-order valence-electron chi connectivity index (χ4n) is 2.05. The van der Waals surface area contributed by atoms with E-state index in [1.54, 1.807) is 12.1 Å². The van der Waals surface area contributed by atoms with Crippen molar-refractivity contribution in [2.45, 2.75) is 13.0 Å². The van der Waals surface area contributed by atoms with Crippen molar-refractivity contribution < 1.29 is 19.4 Å². The van der Waals surface area contributed by atoms with Gasteiger partial charge in [-0.25, -0.2) is 0 Å². The minimum atomic E-state index is -1.13. The summed E-state index contributed by atoms with van der Waals surface area (Å²) in [4.78, 5) is 24.0. The second kappa shape index (κ2) is 7.02. The highest BCUT2D eigenvalue weighted by Gasteiger charge is 2.11. The number of carbonyl (C=O) groups excluding carboxylic acids is 1. The zero-order valence-corrected chi connectivity index (χ0v) is 11.2. The van der Waals surface area contributed by atoms with Gasteiger partial charge in [0.1, 0.15) is 6.42 Å². The molecule has 0 bridgehead atoms. The van der Waals surface area contributed by atoms with Crippen molar-refractivity contribution >= 4 is 17.6 Å². The number of ether oxygens (including phenoxy) is 1. The van der Waals surface area contributed by atoms with E-state index in [4.69, 9.17) is 9.84 Å². The van der Waals surface area contributed by atoms with Gasteiger partial charge in [0.25, 0.3) is 0 Å². The van der Waals surface area contributed by atoms with Crippen molar-refractivity contribution in [1.82, 2.24) is 4.90 Å². The van der Waals surface area contributed by atoms with Crippen molar-refractivity contribution in [1.29, 1.82) is 0 Å². The molecule has 0 unspecified atom stereocenters. The molecule has 0 spiro atoms. The first-order valence-electron chi connectivity index (χ1n) is 6.54. The van der Waals surface area contributed by atoms with E-state index in [0.717, 1.165) is 38.4 Å². The number of morpholine rings is 1. The first-order valence-corrected chi connectivity index (χ1v) is 6.54. The summed E-state index contributed by atoms with van der Waals surface area (Å²) in [5, 5.41) is 11.1. The average molecular weight is 278 g/mol. The van der Waals surface area contributed by atoms with Crippen LogP contribution in [0.3, 0.4) is 0 Å². The van der Waals surface area contributed by atoms with Crippen LogP contribution in [0.2, 0.25) is 0 Å². The fourth-order valence-corrected chi connectivity index (χ4v) is 2.05. The predicted octanol–water partition coefficient (Wildman–Crippen LogP) is 0.932. The minimum Gasteiger partial charge on any atom is -0.481 e. The number of amides is 1. The number of carboxylic acids is 1. The second-order valence-corrected chi connectivity index (χ2v) is 4.70. The summed E-state index contributed by atoms with van der Waals surface area (Å²) in [7, 11) is 0. The molecule has 0 aromatic heterocycles. The Labute approximate surface area is 117 Å². The highest BCUT2D eigenvalue weighted by molar-refractivity contribution is 6.01. The molecular formula is C14H18N2O4. The number of carboxylic acid groups (broad SMARTS) is 1. The fraction of sp³-hybridized carbons (Fsp3) is 0.429. The molecule has 0 radical (unpaired) electrons. The van der Waals surface area contributed by atoms with Crippen LogP contribution < -0.4 is 5.32 Å². The average Bonchev–Trinajstić information content (AvgIpc) is 2.41. The molecule has 1 aliphatic rings. The van der Waals surface area contributed by atoms with Crippen LogP contribution in [0.25, 0.3) is 0 Å².